The molecule has 1 atom stereocenters. The molecule has 2 aliphatic rings. The number of carbonyl (C=O) groups excluding carboxylic acids is 2. The van der Waals surface area contributed by atoms with Gasteiger partial charge in [0, 0.05) is 40.8 Å². The number of nitrogens with zero attached hydrogens (tertiary/aromatic N) is 1. The summed E-state index contributed by atoms with van der Waals surface area (Å²) in [6, 6.07) is 11.3. The summed E-state index contributed by atoms with van der Waals surface area (Å²) in [6.07, 6.45) is 2.29. The van der Waals surface area contributed by atoms with Crippen molar-refractivity contribution >= 4 is 29.3 Å². The fraction of sp³-hybridized carbons (Fsp3) is 0.364. The first-order valence-electron chi connectivity index (χ1n) is 9.70. The molecule has 152 valence electrons. The Morgan fingerprint density at radius 1 is 1.17 bits per heavy atom. The van der Waals surface area contributed by atoms with Gasteiger partial charge in [0.2, 0.25) is 5.91 Å². The summed E-state index contributed by atoms with van der Waals surface area (Å²) in [5, 5.41) is 2.92. The Bertz CT molecular complexity index is 946. The van der Waals surface area contributed by atoms with Crippen molar-refractivity contribution in [1.82, 2.24) is 4.90 Å². The molecule has 1 fully saturated rings. The molecule has 0 bridgehead atoms. The highest BCUT2D eigenvalue weighted by molar-refractivity contribution is 7.99. The first kappa shape index (κ1) is 19.6. The van der Waals surface area contributed by atoms with Gasteiger partial charge in [-0.05, 0) is 43.2 Å². The lowest BCUT2D eigenvalue weighted by atomic mass is 10.0. The molecule has 1 saturated heterocycles. The van der Waals surface area contributed by atoms with Gasteiger partial charge < -0.3 is 19.7 Å². The van der Waals surface area contributed by atoms with Crippen LogP contribution >= 0.6 is 11.8 Å². The zero-order chi connectivity index (χ0) is 20.4. The summed E-state index contributed by atoms with van der Waals surface area (Å²) >= 11 is 1.64. The van der Waals surface area contributed by atoms with E-state index in [0.717, 1.165) is 46.2 Å². The number of amides is 2. The fourth-order valence-corrected chi connectivity index (χ4v) is 4.88. The zero-order valence-corrected chi connectivity index (χ0v) is 17.4. The number of thioether (sulfide) groups is 1. The van der Waals surface area contributed by atoms with Gasteiger partial charge in [-0.1, -0.05) is 0 Å². The van der Waals surface area contributed by atoms with E-state index >= 15 is 0 Å². The van der Waals surface area contributed by atoms with Crippen molar-refractivity contribution < 1.29 is 19.1 Å². The minimum Gasteiger partial charge on any atom is -0.497 e. The first-order chi connectivity index (χ1) is 14.1. The van der Waals surface area contributed by atoms with E-state index in [1.807, 2.05) is 35.2 Å². The summed E-state index contributed by atoms with van der Waals surface area (Å²) in [6.45, 7) is 0.691. The van der Waals surface area contributed by atoms with E-state index in [1.165, 1.54) is 0 Å². The number of rotatable bonds is 4. The molecule has 0 spiro atoms. The monoisotopic (exact) mass is 412 g/mol. The third-order valence-corrected chi connectivity index (χ3v) is 6.48. The van der Waals surface area contributed by atoms with Crippen LogP contribution < -0.4 is 14.8 Å². The highest BCUT2D eigenvalue weighted by atomic mass is 32.2. The number of carbonyl (C=O) groups is 2. The Balaban J connectivity index is 1.63. The van der Waals surface area contributed by atoms with Crippen LogP contribution in [0, 0.1) is 0 Å². The standard InChI is InChI=1S/C22H24N2O4S/c1-27-15-6-7-16(19(13-15)28-2)18-4-3-10-24(18)22(26)14-5-8-20-17(12-14)23-21(25)9-11-29-20/h5-8,12-13,18H,3-4,9-11H2,1-2H3,(H,23,25)/t18-/m1/s1. The lowest BCUT2D eigenvalue weighted by Gasteiger charge is -2.27. The molecule has 2 heterocycles. The van der Waals surface area contributed by atoms with Crippen LogP contribution in [-0.2, 0) is 4.79 Å². The van der Waals surface area contributed by atoms with E-state index in [-0.39, 0.29) is 17.9 Å². The van der Waals surface area contributed by atoms with Crippen LogP contribution in [0.2, 0.25) is 0 Å². The van der Waals surface area contributed by atoms with Crippen molar-refractivity contribution in [2.45, 2.75) is 30.2 Å². The molecule has 6 nitrogen and oxygen atoms in total. The third-order valence-electron chi connectivity index (χ3n) is 5.40. The summed E-state index contributed by atoms with van der Waals surface area (Å²) in [5.74, 6) is 2.15. The lowest BCUT2D eigenvalue weighted by Crippen LogP contribution is -2.30. The Labute approximate surface area is 174 Å². The average Bonchev–Trinajstić information content (AvgIpc) is 3.15. The van der Waals surface area contributed by atoms with Gasteiger partial charge in [0.25, 0.3) is 5.91 Å². The maximum Gasteiger partial charge on any atom is 0.254 e. The van der Waals surface area contributed by atoms with Gasteiger partial charge in [-0.3, -0.25) is 9.59 Å². The molecular weight excluding hydrogens is 388 g/mol. The normalized spacial score (nSPS) is 18.6. The Morgan fingerprint density at radius 2 is 2.03 bits per heavy atom. The first-order valence-corrected chi connectivity index (χ1v) is 10.7. The van der Waals surface area contributed by atoms with Crippen LogP contribution in [0.1, 0.15) is 41.2 Å². The van der Waals surface area contributed by atoms with Crippen molar-refractivity contribution in [3.05, 3.63) is 47.5 Å². The fourth-order valence-electron chi connectivity index (χ4n) is 3.95. The molecule has 2 aromatic carbocycles. The SMILES string of the molecule is COc1ccc([C@H]2CCCN2C(=O)c2ccc3c(c2)NC(=O)CCS3)c(OC)c1. The second-order valence-electron chi connectivity index (χ2n) is 7.12. The van der Waals surface area contributed by atoms with Crippen molar-refractivity contribution in [2.24, 2.45) is 0 Å². The molecule has 1 N–H and O–H groups in total. The van der Waals surface area contributed by atoms with Gasteiger partial charge in [0.15, 0.2) is 0 Å². The molecule has 0 radical (unpaired) electrons. The summed E-state index contributed by atoms with van der Waals surface area (Å²) < 4.78 is 10.9. The molecule has 29 heavy (non-hydrogen) atoms. The highest BCUT2D eigenvalue weighted by Crippen LogP contribution is 2.40. The van der Waals surface area contributed by atoms with Crippen LogP contribution in [0.25, 0.3) is 0 Å². The van der Waals surface area contributed by atoms with Gasteiger partial charge in [0.05, 0.1) is 25.9 Å². The molecule has 2 aliphatic heterocycles. The third kappa shape index (κ3) is 3.92. The lowest BCUT2D eigenvalue weighted by molar-refractivity contribution is -0.115. The van der Waals surface area contributed by atoms with Crippen molar-refractivity contribution in [1.29, 1.82) is 0 Å². The molecule has 0 unspecified atom stereocenters. The number of benzene rings is 2. The van der Waals surface area contributed by atoms with Gasteiger partial charge in [-0.2, -0.15) is 0 Å². The van der Waals surface area contributed by atoms with E-state index in [2.05, 4.69) is 5.32 Å². The minimum atomic E-state index is -0.0499. The van der Waals surface area contributed by atoms with Gasteiger partial charge in [-0.25, -0.2) is 0 Å². The van der Waals surface area contributed by atoms with Crippen LogP contribution in [0.4, 0.5) is 5.69 Å². The van der Waals surface area contributed by atoms with Crippen molar-refractivity contribution in [3.8, 4) is 11.5 Å². The number of ether oxygens (including phenoxy) is 2. The molecule has 2 amide bonds. The van der Waals surface area contributed by atoms with Gasteiger partial charge in [0.1, 0.15) is 11.5 Å². The Hall–Kier alpha value is -2.67. The van der Waals surface area contributed by atoms with E-state index in [4.69, 9.17) is 9.47 Å². The van der Waals surface area contributed by atoms with E-state index < -0.39 is 0 Å². The predicted molar refractivity (Wildman–Crippen MR) is 113 cm³/mol. The summed E-state index contributed by atoms with van der Waals surface area (Å²) in [4.78, 5) is 28.1. The molecule has 0 aromatic heterocycles. The number of hydrogen-bond acceptors (Lipinski definition) is 5. The topological polar surface area (TPSA) is 67.9 Å². The maximum atomic E-state index is 13.3. The number of nitrogens with one attached hydrogen (secondary N) is 1. The van der Waals surface area contributed by atoms with Crippen molar-refractivity contribution in [2.75, 3.05) is 31.8 Å². The summed E-state index contributed by atoms with van der Waals surface area (Å²) in [7, 11) is 3.25. The average molecular weight is 413 g/mol. The number of likely N-dealkylation sites (tertiary alicyclic amines) is 1. The van der Waals surface area contributed by atoms with Gasteiger partial charge in [-0.15, -0.1) is 11.8 Å². The van der Waals surface area contributed by atoms with E-state index in [9.17, 15) is 9.59 Å². The molecule has 0 saturated carbocycles. The minimum absolute atomic E-state index is 0.0112. The second kappa shape index (κ2) is 8.37. The van der Waals surface area contributed by atoms with E-state index in [0.29, 0.717) is 18.5 Å². The molecular formula is C22H24N2O4S. The van der Waals surface area contributed by atoms with Crippen LogP contribution in [0.15, 0.2) is 41.3 Å². The van der Waals surface area contributed by atoms with Gasteiger partial charge >= 0.3 is 0 Å². The highest BCUT2D eigenvalue weighted by Gasteiger charge is 2.33. The van der Waals surface area contributed by atoms with Crippen molar-refractivity contribution in [3.63, 3.8) is 0 Å². The Morgan fingerprint density at radius 3 is 2.83 bits per heavy atom. The Kier molecular flexibility index (Phi) is 5.67. The molecule has 4 rings (SSSR count). The maximum absolute atomic E-state index is 13.3. The van der Waals surface area contributed by atoms with Crippen LogP contribution in [0.5, 0.6) is 11.5 Å². The predicted octanol–water partition coefficient (Wildman–Crippen LogP) is 4.12. The van der Waals surface area contributed by atoms with Crippen LogP contribution in [0.3, 0.4) is 0 Å². The van der Waals surface area contributed by atoms with E-state index in [1.54, 1.807) is 32.0 Å². The quantitative estimate of drug-likeness (QED) is 0.818. The largest absolute Gasteiger partial charge is 0.497 e. The molecule has 7 heteroatoms. The number of anilines is 1. The second-order valence-corrected chi connectivity index (χ2v) is 8.26. The smallest absolute Gasteiger partial charge is 0.254 e. The molecule has 2 aromatic rings. The zero-order valence-electron chi connectivity index (χ0n) is 16.6. The number of methoxy groups -OCH3 is 2. The molecule has 0 aliphatic carbocycles. The number of hydrogen-bond donors (Lipinski definition) is 1. The number of fused-ring (bicyclic) bond motifs is 1. The summed E-state index contributed by atoms with van der Waals surface area (Å²) in [5.41, 5.74) is 2.30. The van der Waals surface area contributed by atoms with Crippen LogP contribution in [-0.4, -0.2) is 43.2 Å².